The Kier molecular flexibility index (Phi) is 1.92. The van der Waals surface area contributed by atoms with E-state index in [9.17, 15) is 4.39 Å². The van der Waals surface area contributed by atoms with Crippen molar-refractivity contribution in [2.45, 2.75) is 13.3 Å². The molecule has 0 saturated heterocycles. The minimum absolute atomic E-state index is 0.186. The molecule has 0 aliphatic carbocycles. The van der Waals surface area contributed by atoms with Crippen LogP contribution in [-0.2, 0) is 6.42 Å². The highest BCUT2D eigenvalue weighted by molar-refractivity contribution is 6.05. The van der Waals surface area contributed by atoms with Crippen LogP contribution in [0.15, 0.2) is 16.7 Å². The van der Waals surface area contributed by atoms with Crippen LogP contribution < -0.4 is 0 Å². The fourth-order valence-electron chi connectivity index (χ4n) is 1.93. The predicted molar refractivity (Wildman–Crippen MR) is 59.9 cm³/mol. The summed E-state index contributed by atoms with van der Waals surface area (Å²) in [7, 11) is 0. The van der Waals surface area contributed by atoms with E-state index >= 15 is 0 Å². The van der Waals surface area contributed by atoms with E-state index in [0.29, 0.717) is 34.4 Å². The highest BCUT2D eigenvalue weighted by atomic mass is 19.1. The lowest BCUT2D eigenvalue weighted by molar-refractivity contribution is 0.540. The number of hydrogen-bond acceptors (Lipinski definition) is 3. The SMILES string of the molecule is CCc1nc2c(F)cc3[nH]cc(C#N)c3c2o1. The molecule has 0 aliphatic rings. The molecule has 5 heteroatoms. The van der Waals surface area contributed by atoms with Crippen LogP contribution in [0.1, 0.15) is 18.4 Å². The van der Waals surface area contributed by atoms with E-state index in [0.717, 1.165) is 0 Å². The molecule has 17 heavy (non-hydrogen) atoms. The molecule has 0 aliphatic heterocycles. The van der Waals surface area contributed by atoms with E-state index in [4.69, 9.17) is 9.68 Å². The number of rotatable bonds is 1. The fourth-order valence-corrected chi connectivity index (χ4v) is 1.93. The molecule has 2 heterocycles. The number of aryl methyl sites for hydroxylation is 1. The highest BCUT2D eigenvalue weighted by Crippen LogP contribution is 2.30. The number of H-pyrrole nitrogens is 1. The first-order valence-corrected chi connectivity index (χ1v) is 5.23. The average molecular weight is 229 g/mol. The molecule has 2 aromatic heterocycles. The molecule has 0 unspecified atom stereocenters. The van der Waals surface area contributed by atoms with Crippen LogP contribution in [0.5, 0.6) is 0 Å². The standard InChI is InChI=1S/C12H8FN3O/c1-2-9-16-11-7(13)3-8-10(12(11)17-9)6(4-14)5-15-8/h3,5,15H,2H2,1H3. The topological polar surface area (TPSA) is 65.6 Å². The quantitative estimate of drug-likeness (QED) is 0.697. The van der Waals surface area contributed by atoms with Gasteiger partial charge in [-0.2, -0.15) is 5.26 Å². The second-order valence-corrected chi connectivity index (χ2v) is 3.73. The molecule has 0 spiro atoms. The minimum atomic E-state index is -0.442. The lowest BCUT2D eigenvalue weighted by Gasteiger charge is -1.93. The highest BCUT2D eigenvalue weighted by Gasteiger charge is 2.17. The molecule has 0 bridgehead atoms. The Morgan fingerprint density at radius 2 is 2.41 bits per heavy atom. The zero-order valence-corrected chi connectivity index (χ0v) is 9.04. The Labute approximate surface area is 95.7 Å². The second kappa shape index (κ2) is 3.32. The van der Waals surface area contributed by atoms with Crippen molar-refractivity contribution in [3.8, 4) is 6.07 Å². The van der Waals surface area contributed by atoms with E-state index in [2.05, 4.69) is 9.97 Å². The Hall–Kier alpha value is -2.35. The van der Waals surface area contributed by atoms with Crippen LogP contribution in [0.2, 0.25) is 0 Å². The van der Waals surface area contributed by atoms with E-state index in [1.54, 1.807) is 0 Å². The molecule has 84 valence electrons. The lowest BCUT2D eigenvalue weighted by atomic mass is 10.1. The number of hydrogen-bond donors (Lipinski definition) is 1. The monoisotopic (exact) mass is 229 g/mol. The predicted octanol–water partition coefficient (Wildman–Crippen LogP) is 2.88. The van der Waals surface area contributed by atoms with E-state index in [1.165, 1.54) is 12.3 Å². The largest absolute Gasteiger partial charge is 0.440 e. The van der Waals surface area contributed by atoms with Gasteiger partial charge in [0, 0.05) is 18.7 Å². The van der Waals surface area contributed by atoms with Gasteiger partial charge in [0.1, 0.15) is 11.6 Å². The first kappa shape index (κ1) is 9.85. The first-order chi connectivity index (χ1) is 8.24. The summed E-state index contributed by atoms with van der Waals surface area (Å²) in [6.45, 7) is 1.88. The lowest BCUT2D eigenvalue weighted by Crippen LogP contribution is -1.81. The summed E-state index contributed by atoms with van der Waals surface area (Å²) in [6, 6.07) is 3.38. The van der Waals surface area contributed by atoms with Crippen LogP contribution in [0.4, 0.5) is 4.39 Å². The third-order valence-electron chi connectivity index (χ3n) is 2.73. The van der Waals surface area contributed by atoms with E-state index in [-0.39, 0.29) is 5.52 Å². The summed E-state index contributed by atoms with van der Waals surface area (Å²) < 4.78 is 19.2. The van der Waals surface area contributed by atoms with Crippen LogP contribution in [0.3, 0.4) is 0 Å². The van der Waals surface area contributed by atoms with Crippen molar-refractivity contribution < 1.29 is 8.81 Å². The van der Waals surface area contributed by atoms with Gasteiger partial charge in [-0.05, 0) is 0 Å². The molecule has 1 aromatic carbocycles. The van der Waals surface area contributed by atoms with Crippen LogP contribution >= 0.6 is 0 Å². The number of aromatic nitrogens is 2. The van der Waals surface area contributed by atoms with Gasteiger partial charge in [-0.15, -0.1) is 0 Å². The maximum atomic E-state index is 13.8. The Morgan fingerprint density at radius 1 is 1.59 bits per heavy atom. The number of nitrogens with one attached hydrogen (secondary N) is 1. The molecule has 4 nitrogen and oxygen atoms in total. The molecule has 1 N–H and O–H groups in total. The van der Waals surface area contributed by atoms with E-state index < -0.39 is 5.82 Å². The summed E-state index contributed by atoms with van der Waals surface area (Å²) in [5.41, 5.74) is 1.51. The van der Waals surface area contributed by atoms with Gasteiger partial charge in [-0.3, -0.25) is 0 Å². The fraction of sp³-hybridized carbons (Fsp3) is 0.167. The maximum absolute atomic E-state index is 13.8. The molecular weight excluding hydrogens is 221 g/mol. The molecule has 0 atom stereocenters. The number of benzene rings is 1. The number of nitriles is 1. The number of aromatic amines is 1. The van der Waals surface area contributed by atoms with Crippen LogP contribution in [0.25, 0.3) is 22.0 Å². The molecule has 0 radical (unpaired) electrons. The van der Waals surface area contributed by atoms with Crippen molar-refractivity contribution >= 4 is 22.0 Å². The normalized spacial score (nSPS) is 11.1. The van der Waals surface area contributed by atoms with Crippen molar-refractivity contribution in [2.24, 2.45) is 0 Å². The molecular formula is C12H8FN3O. The van der Waals surface area contributed by atoms with Gasteiger partial charge in [0.15, 0.2) is 17.3 Å². The molecule has 0 saturated carbocycles. The van der Waals surface area contributed by atoms with Crippen molar-refractivity contribution in [1.29, 1.82) is 5.26 Å². The molecule has 0 amide bonds. The summed E-state index contributed by atoms with van der Waals surface area (Å²) in [5, 5.41) is 9.59. The Morgan fingerprint density at radius 3 is 3.12 bits per heavy atom. The number of nitrogens with zero attached hydrogens (tertiary/aromatic N) is 2. The average Bonchev–Trinajstić information content (AvgIpc) is 2.91. The van der Waals surface area contributed by atoms with Crippen LogP contribution in [0, 0.1) is 17.1 Å². The number of oxazole rings is 1. The summed E-state index contributed by atoms with van der Waals surface area (Å²) in [6.07, 6.45) is 2.12. The first-order valence-electron chi connectivity index (χ1n) is 5.23. The Bertz CT molecular complexity index is 763. The van der Waals surface area contributed by atoms with Crippen molar-refractivity contribution in [3.05, 3.63) is 29.5 Å². The van der Waals surface area contributed by atoms with Gasteiger partial charge in [0.05, 0.1) is 16.5 Å². The maximum Gasteiger partial charge on any atom is 0.195 e. The summed E-state index contributed by atoms with van der Waals surface area (Å²) in [4.78, 5) is 6.92. The molecule has 3 rings (SSSR count). The molecule has 3 aromatic rings. The Balaban J connectivity index is 2.55. The van der Waals surface area contributed by atoms with Gasteiger partial charge in [-0.1, -0.05) is 6.92 Å². The zero-order chi connectivity index (χ0) is 12.0. The van der Waals surface area contributed by atoms with Crippen LogP contribution in [-0.4, -0.2) is 9.97 Å². The minimum Gasteiger partial charge on any atom is -0.440 e. The third kappa shape index (κ3) is 1.24. The van der Waals surface area contributed by atoms with Crippen molar-refractivity contribution in [3.63, 3.8) is 0 Å². The second-order valence-electron chi connectivity index (χ2n) is 3.73. The van der Waals surface area contributed by atoms with Gasteiger partial charge in [0.25, 0.3) is 0 Å². The third-order valence-corrected chi connectivity index (χ3v) is 2.73. The zero-order valence-electron chi connectivity index (χ0n) is 9.04. The number of fused-ring (bicyclic) bond motifs is 3. The van der Waals surface area contributed by atoms with Gasteiger partial charge in [-0.25, -0.2) is 9.37 Å². The van der Waals surface area contributed by atoms with Crippen molar-refractivity contribution in [1.82, 2.24) is 9.97 Å². The molecule has 0 fully saturated rings. The van der Waals surface area contributed by atoms with Gasteiger partial charge in [0.2, 0.25) is 0 Å². The van der Waals surface area contributed by atoms with Gasteiger partial charge >= 0.3 is 0 Å². The smallest absolute Gasteiger partial charge is 0.195 e. The van der Waals surface area contributed by atoms with Crippen molar-refractivity contribution in [2.75, 3.05) is 0 Å². The van der Waals surface area contributed by atoms with Gasteiger partial charge < -0.3 is 9.40 Å². The summed E-state index contributed by atoms with van der Waals surface area (Å²) >= 11 is 0. The van der Waals surface area contributed by atoms with E-state index in [1.807, 2.05) is 13.0 Å². The summed E-state index contributed by atoms with van der Waals surface area (Å²) in [5.74, 6) is 0.0266. The number of halogens is 1.